The quantitative estimate of drug-likeness (QED) is 0.798. The van der Waals surface area contributed by atoms with Crippen LogP contribution in [0.25, 0.3) is 0 Å². The third kappa shape index (κ3) is 2.19. The van der Waals surface area contributed by atoms with Crippen LogP contribution >= 0.6 is 0 Å². The first-order chi connectivity index (χ1) is 9.75. The van der Waals surface area contributed by atoms with E-state index in [0.717, 1.165) is 18.4 Å². The summed E-state index contributed by atoms with van der Waals surface area (Å²) in [7, 11) is 0. The molecule has 0 bridgehead atoms. The Morgan fingerprint density at radius 3 is 2.60 bits per heavy atom. The van der Waals surface area contributed by atoms with Gasteiger partial charge in [-0.05, 0) is 30.0 Å². The fourth-order valence-corrected chi connectivity index (χ4v) is 3.02. The summed E-state index contributed by atoms with van der Waals surface area (Å²) in [4.78, 5) is 0. The lowest BCUT2D eigenvalue weighted by Crippen LogP contribution is -2.43. The highest BCUT2D eigenvalue weighted by molar-refractivity contribution is 5.39. The van der Waals surface area contributed by atoms with Crippen molar-refractivity contribution in [2.24, 2.45) is 0 Å². The van der Waals surface area contributed by atoms with E-state index in [2.05, 4.69) is 17.4 Å². The Morgan fingerprint density at radius 1 is 1.05 bits per heavy atom. The van der Waals surface area contributed by atoms with Gasteiger partial charge in [-0.1, -0.05) is 42.5 Å². The Labute approximate surface area is 118 Å². The molecule has 20 heavy (non-hydrogen) atoms. The molecule has 0 radical (unpaired) electrons. The maximum atomic E-state index is 9.89. The summed E-state index contributed by atoms with van der Waals surface area (Å²) in [5.41, 5.74) is 2.94. The van der Waals surface area contributed by atoms with Crippen LogP contribution in [0.5, 0.6) is 5.75 Å². The van der Waals surface area contributed by atoms with Gasteiger partial charge in [0.15, 0.2) is 0 Å². The number of rotatable bonds is 4. The Hall–Kier alpha value is -1.84. The van der Waals surface area contributed by atoms with Crippen molar-refractivity contribution in [3.63, 3.8) is 0 Å². The van der Waals surface area contributed by atoms with Crippen LogP contribution in [0.15, 0.2) is 48.5 Å². The first-order valence-corrected chi connectivity index (χ1v) is 6.96. The van der Waals surface area contributed by atoms with Gasteiger partial charge in [0.1, 0.15) is 5.75 Å². The van der Waals surface area contributed by atoms with Crippen LogP contribution < -0.4 is 5.32 Å². The molecule has 0 fully saturated rings. The summed E-state index contributed by atoms with van der Waals surface area (Å²) < 4.78 is 0. The van der Waals surface area contributed by atoms with Gasteiger partial charge in [-0.3, -0.25) is 0 Å². The summed E-state index contributed by atoms with van der Waals surface area (Å²) in [6, 6.07) is 15.5. The van der Waals surface area contributed by atoms with Crippen LogP contribution in [0.4, 0.5) is 0 Å². The van der Waals surface area contributed by atoms with E-state index in [9.17, 15) is 10.2 Å². The van der Waals surface area contributed by atoms with Gasteiger partial charge < -0.3 is 15.5 Å². The second-order valence-corrected chi connectivity index (χ2v) is 5.38. The summed E-state index contributed by atoms with van der Waals surface area (Å²) in [5, 5.41) is 23.2. The van der Waals surface area contributed by atoms with Gasteiger partial charge in [0.05, 0.1) is 12.1 Å². The summed E-state index contributed by atoms with van der Waals surface area (Å²) in [6.07, 6.45) is 1.86. The topological polar surface area (TPSA) is 52.5 Å². The minimum Gasteiger partial charge on any atom is -0.508 e. The normalized spacial score (nSPS) is 20.9. The number of aromatic hydroxyl groups is 1. The van der Waals surface area contributed by atoms with E-state index < -0.39 is 5.54 Å². The van der Waals surface area contributed by atoms with Crippen molar-refractivity contribution in [1.29, 1.82) is 0 Å². The molecule has 3 N–H and O–H groups in total. The molecule has 0 spiro atoms. The molecule has 1 atom stereocenters. The molecule has 3 nitrogen and oxygen atoms in total. The Kier molecular flexibility index (Phi) is 3.47. The zero-order valence-corrected chi connectivity index (χ0v) is 11.3. The molecule has 0 aliphatic heterocycles. The molecule has 0 saturated carbocycles. The lowest BCUT2D eigenvalue weighted by atomic mass is 9.92. The number of hydrogen-bond acceptors (Lipinski definition) is 3. The molecule has 0 aromatic heterocycles. The molecule has 3 rings (SSSR count). The van der Waals surface area contributed by atoms with Crippen molar-refractivity contribution in [3.8, 4) is 5.75 Å². The number of aliphatic hydroxyl groups is 1. The van der Waals surface area contributed by atoms with E-state index in [0.29, 0.717) is 12.3 Å². The number of phenolic OH excluding ortho intramolecular Hbond substituents is 1. The third-order valence-corrected chi connectivity index (χ3v) is 4.23. The minimum absolute atomic E-state index is 0.0671. The number of fused-ring (bicyclic) bond motifs is 1. The van der Waals surface area contributed by atoms with Gasteiger partial charge in [-0.25, -0.2) is 0 Å². The fraction of sp³-hybridized carbons (Fsp3) is 0.294. The van der Waals surface area contributed by atoms with E-state index in [4.69, 9.17) is 0 Å². The van der Waals surface area contributed by atoms with Gasteiger partial charge in [0, 0.05) is 12.1 Å². The third-order valence-electron chi connectivity index (χ3n) is 4.23. The number of hydrogen-bond donors (Lipinski definition) is 3. The van der Waals surface area contributed by atoms with Crippen LogP contribution in [-0.2, 0) is 18.5 Å². The number of phenols is 1. The monoisotopic (exact) mass is 269 g/mol. The smallest absolute Gasteiger partial charge is 0.120 e. The lowest BCUT2D eigenvalue weighted by Gasteiger charge is -2.30. The van der Waals surface area contributed by atoms with Crippen molar-refractivity contribution < 1.29 is 10.2 Å². The Bertz CT molecular complexity index is 611. The van der Waals surface area contributed by atoms with Crippen LogP contribution in [0.1, 0.15) is 23.1 Å². The fourth-order valence-electron chi connectivity index (χ4n) is 3.02. The zero-order chi connectivity index (χ0) is 14.0. The van der Waals surface area contributed by atoms with Crippen molar-refractivity contribution in [3.05, 3.63) is 65.2 Å². The minimum atomic E-state index is -0.390. The molecular weight excluding hydrogens is 250 g/mol. The molecule has 104 valence electrons. The second kappa shape index (κ2) is 5.27. The predicted molar refractivity (Wildman–Crippen MR) is 78.5 cm³/mol. The standard InChI is InChI=1S/C17H19NO2/c19-12-17(10-9-13-5-1-3-7-15(13)17)18-11-14-6-2-4-8-16(14)20/h1-8,18-20H,9-12H2. The maximum Gasteiger partial charge on any atom is 0.120 e. The molecule has 0 amide bonds. The van der Waals surface area contributed by atoms with Crippen LogP contribution in [0.3, 0.4) is 0 Å². The summed E-state index contributed by atoms with van der Waals surface area (Å²) in [5.74, 6) is 0.291. The van der Waals surface area contributed by atoms with Crippen molar-refractivity contribution in [2.75, 3.05) is 6.61 Å². The number of nitrogens with one attached hydrogen (secondary N) is 1. The van der Waals surface area contributed by atoms with Crippen LogP contribution in [0, 0.1) is 0 Å². The average molecular weight is 269 g/mol. The Morgan fingerprint density at radius 2 is 1.80 bits per heavy atom. The lowest BCUT2D eigenvalue weighted by molar-refractivity contribution is 0.158. The number of benzene rings is 2. The predicted octanol–water partition coefficient (Wildman–Crippen LogP) is 2.32. The van der Waals surface area contributed by atoms with Crippen molar-refractivity contribution in [2.45, 2.75) is 24.9 Å². The zero-order valence-electron chi connectivity index (χ0n) is 11.3. The number of para-hydroxylation sites is 1. The maximum absolute atomic E-state index is 9.89. The van der Waals surface area contributed by atoms with E-state index in [1.807, 2.05) is 30.3 Å². The molecule has 1 aliphatic carbocycles. The Balaban J connectivity index is 1.84. The highest BCUT2D eigenvalue weighted by Gasteiger charge is 2.37. The summed E-state index contributed by atoms with van der Waals surface area (Å²) in [6.45, 7) is 0.610. The van der Waals surface area contributed by atoms with Gasteiger partial charge in [-0.15, -0.1) is 0 Å². The molecule has 1 aliphatic rings. The van der Waals surface area contributed by atoms with Gasteiger partial charge in [-0.2, -0.15) is 0 Å². The van der Waals surface area contributed by atoms with E-state index in [-0.39, 0.29) is 6.61 Å². The van der Waals surface area contributed by atoms with Crippen LogP contribution in [-0.4, -0.2) is 16.8 Å². The molecule has 2 aromatic carbocycles. The summed E-state index contributed by atoms with van der Waals surface area (Å²) >= 11 is 0. The largest absolute Gasteiger partial charge is 0.508 e. The molecule has 0 heterocycles. The molecule has 3 heteroatoms. The number of aliphatic hydroxyl groups excluding tert-OH is 1. The van der Waals surface area contributed by atoms with Gasteiger partial charge >= 0.3 is 0 Å². The molecular formula is C17H19NO2. The van der Waals surface area contributed by atoms with Crippen LogP contribution in [0.2, 0.25) is 0 Å². The highest BCUT2D eigenvalue weighted by atomic mass is 16.3. The van der Waals surface area contributed by atoms with Crippen molar-refractivity contribution in [1.82, 2.24) is 5.32 Å². The second-order valence-electron chi connectivity index (χ2n) is 5.38. The molecule has 2 aromatic rings. The SMILES string of the molecule is OCC1(NCc2ccccc2O)CCc2ccccc21. The van der Waals surface area contributed by atoms with E-state index in [1.165, 1.54) is 11.1 Å². The molecule has 1 unspecified atom stereocenters. The first-order valence-electron chi connectivity index (χ1n) is 6.96. The number of aryl methyl sites for hydroxylation is 1. The van der Waals surface area contributed by atoms with Crippen molar-refractivity contribution >= 4 is 0 Å². The van der Waals surface area contributed by atoms with Gasteiger partial charge in [0.25, 0.3) is 0 Å². The molecule has 0 saturated heterocycles. The van der Waals surface area contributed by atoms with E-state index >= 15 is 0 Å². The average Bonchev–Trinajstić information content (AvgIpc) is 2.86. The van der Waals surface area contributed by atoms with E-state index in [1.54, 1.807) is 6.07 Å². The van der Waals surface area contributed by atoms with Gasteiger partial charge in [0.2, 0.25) is 0 Å². The highest BCUT2D eigenvalue weighted by Crippen LogP contribution is 2.36. The first kappa shape index (κ1) is 13.2.